The molecule has 0 saturated carbocycles. The summed E-state index contributed by atoms with van der Waals surface area (Å²) in [6.45, 7) is 7.46. The first-order valence-corrected chi connectivity index (χ1v) is 7.42. The maximum Gasteiger partial charge on any atom is 0.257 e. The molecule has 112 valence electrons. The molecule has 5 heteroatoms. The van der Waals surface area contributed by atoms with E-state index in [1.165, 1.54) is 0 Å². The molecule has 1 aliphatic heterocycles. The van der Waals surface area contributed by atoms with Crippen LogP contribution in [0, 0.1) is 20.8 Å². The minimum absolute atomic E-state index is 0.0743. The third kappa shape index (κ3) is 2.60. The van der Waals surface area contributed by atoms with E-state index in [4.69, 9.17) is 4.42 Å². The van der Waals surface area contributed by atoms with E-state index in [1.54, 1.807) is 12.3 Å². The van der Waals surface area contributed by atoms with Gasteiger partial charge in [0.05, 0.1) is 30.1 Å². The molecule has 2 aromatic heterocycles. The zero-order valence-corrected chi connectivity index (χ0v) is 12.8. The molecule has 1 saturated heterocycles. The average molecular weight is 287 g/mol. The molecular weight excluding hydrogens is 266 g/mol. The zero-order chi connectivity index (χ0) is 15.0. The van der Waals surface area contributed by atoms with Gasteiger partial charge in [-0.2, -0.15) is 5.10 Å². The summed E-state index contributed by atoms with van der Waals surface area (Å²) >= 11 is 0. The lowest BCUT2D eigenvalue weighted by Gasteiger charge is -2.25. The number of amides is 1. The first kappa shape index (κ1) is 13.9. The van der Waals surface area contributed by atoms with E-state index in [-0.39, 0.29) is 11.9 Å². The third-order valence-electron chi connectivity index (χ3n) is 4.21. The number of aromatic nitrogens is 2. The summed E-state index contributed by atoms with van der Waals surface area (Å²) in [6, 6.07) is 4.04. The summed E-state index contributed by atoms with van der Waals surface area (Å²) in [5.41, 5.74) is 2.84. The molecule has 1 aliphatic rings. The van der Waals surface area contributed by atoms with E-state index in [2.05, 4.69) is 18.1 Å². The van der Waals surface area contributed by atoms with Crippen molar-refractivity contribution in [3.63, 3.8) is 0 Å². The number of furan rings is 1. The average Bonchev–Trinajstić information content (AvgIpc) is 3.12. The van der Waals surface area contributed by atoms with Gasteiger partial charge in [0.25, 0.3) is 5.91 Å². The van der Waals surface area contributed by atoms with Gasteiger partial charge in [0.2, 0.25) is 0 Å². The van der Waals surface area contributed by atoms with Gasteiger partial charge in [-0.3, -0.25) is 9.48 Å². The van der Waals surface area contributed by atoms with Gasteiger partial charge in [-0.15, -0.1) is 0 Å². The van der Waals surface area contributed by atoms with Gasteiger partial charge >= 0.3 is 0 Å². The molecule has 1 unspecified atom stereocenters. The highest BCUT2D eigenvalue weighted by Gasteiger charge is 2.31. The molecular formula is C16H21N3O2. The summed E-state index contributed by atoms with van der Waals surface area (Å²) in [7, 11) is 0. The molecule has 1 atom stereocenters. The fourth-order valence-electron chi connectivity index (χ4n) is 3.11. The van der Waals surface area contributed by atoms with E-state index in [0.717, 1.165) is 37.3 Å². The largest absolute Gasteiger partial charge is 0.469 e. The summed E-state index contributed by atoms with van der Waals surface area (Å²) in [5.74, 6) is 0.766. The smallest absolute Gasteiger partial charge is 0.257 e. The normalized spacial score (nSPS) is 18.4. The zero-order valence-electron chi connectivity index (χ0n) is 12.8. The molecule has 0 aromatic carbocycles. The molecule has 0 radical (unpaired) electrons. The Bertz CT molecular complexity index is 656. The highest BCUT2D eigenvalue weighted by molar-refractivity contribution is 5.95. The van der Waals surface area contributed by atoms with Gasteiger partial charge in [0.15, 0.2) is 0 Å². The molecule has 0 spiro atoms. The first-order chi connectivity index (χ1) is 10.1. The Labute approximate surface area is 124 Å². The number of rotatable bonds is 3. The van der Waals surface area contributed by atoms with Crippen LogP contribution in [0.2, 0.25) is 0 Å². The molecule has 3 heterocycles. The quantitative estimate of drug-likeness (QED) is 0.872. The predicted molar refractivity (Wildman–Crippen MR) is 79.2 cm³/mol. The number of hydrogen-bond acceptors (Lipinski definition) is 3. The lowest BCUT2D eigenvalue weighted by Crippen LogP contribution is -2.38. The van der Waals surface area contributed by atoms with Crippen LogP contribution in [0.4, 0.5) is 0 Å². The second-order valence-corrected chi connectivity index (χ2v) is 5.79. The molecule has 1 amide bonds. The standard InChI is InChI=1S/C16H21N3O2/c1-11-9-12(2)19(17-11)10-14-5-4-7-18(14)16(20)15-6-8-21-13(15)3/h6,8-9,14H,4-5,7,10H2,1-3H3. The Morgan fingerprint density at radius 1 is 1.43 bits per heavy atom. The van der Waals surface area contributed by atoms with Gasteiger partial charge in [-0.1, -0.05) is 0 Å². The Hall–Kier alpha value is -2.04. The Morgan fingerprint density at radius 2 is 2.24 bits per heavy atom. The number of likely N-dealkylation sites (tertiary alicyclic amines) is 1. The molecule has 5 nitrogen and oxygen atoms in total. The Morgan fingerprint density at radius 3 is 2.86 bits per heavy atom. The van der Waals surface area contributed by atoms with Crippen LogP contribution in [0.1, 0.15) is 40.3 Å². The predicted octanol–water partition coefficient (Wildman–Crippen LogP) is 2.71. The molecule has 21 heavy (non-hydrogen) atoms. The number of nitrogens with zero attached hydrogens (tertiary/aromatic N) is 3. The Kier molecular flexibility index (Phi) is 3.57. The summed E-state index contributed by atoms with van der Waals surface area (Å²) < 4.78 is 7.26. The number of aryl methyl sites for hydroxylation is 3. The van der Waals surface area contributed by atoms with Crippen LogP contribution >= 0.6 is 0 Å². The van der Waals surface area contributed by atoms with Crippen molar-refractivity contribution in [2.24, 2.45) is 0 Å². The first-order valence-electron chi connectivity index (χ1n) is 7.42. The van der Waals surface area contributed by atoms with Gasteiger partial charge in [-0.05, 0) is 45.7 Å². The van der Waals surface area contributed by atoms with Crippen molar-refractivity contribution < 1.29 is 9.21 Å². The van der Waals surface area contributed by atoms with Crippen LogP contribution in [0.25, 0.3) is 0 Å². The minimum Gasteiger partial charge on any atom is -0.469 e. The van der Waals surface area contributed by atoms with Crippen LogP contribution in [0.5, 0.6) is 0 Å². The highest BCUT2D eigenvalue weighted by atomic mass is 16.3. The number of hydrogen-bond donors (Lipinski definition) is 0. The number of carbonyl (C=O) groups excluding carboxylic acids is 1. The molecule has 3 rings (SSSR count). The Balaban J connectivity index is 1.78. The van der Waals surface area contributed by atoms with E-state index < -0.39 is 0 Å². The molecule has 0 bridgehead atoms. The van der Waals surface area contributed by atoms with Crippen molar-refractivity contribution in [2.75, 3.05) is 6.54 Å². The van der Waals surface area contributed by atoms with Crippen molar-refractivity contribution in [2.45, 2.75) is 46.2 Å². The lowest BCUT2D eigenvalue weighted by molar-refractivity contribution is 0.0719. The maximum absolute atomic E-state index is 12.7. The fraction of sp³-hybridized carbons (Fsp3) is 0.500. The van der Waals surface area contributed by atoms with Crippen molar-refractivity contribution in [1.82, 2.24) is 14.7 Å². The summed E-state index contributed by atoms with van der Waals surface area (Å²) in [5, 5.41) is 4.51. The second-order valence-electron chi connectivity index (χ2n) is 5.79. The molecule has 0 N–H and O–H groups in total. The van der Waals surface area contributed by atoms with Crippen LogP contribution in [0.3, 0.4) is 0 Å². The highest BCUT2D eigenvalue weighted by Crippen LogP contribution is 2.23. The van der Waals surface area contributed by atoms with Crippen molar-refractivity contribution in [3.05, 3.63) is 41.1 Å². The summed E-state index contributed by atoms with van der Waals surface area (Å²) in [4.78, 5) is 14.6. The third-order valence-corrected chi connectivity index (χ3v) is 4.21. The van der Waals surface area contributed by atoms with Crippen molar-refractivity contribution in [1.29, 1.82) is 0 Å². The van der Waals surface area contributed by atoms with E-state index in [0.29, 0.717) is 11.3 Å². The molecule has 2 aromatic rings. The number of carbonyl (C=O) groups is 1. The minimum atomic E-state index is 0.0743. The lowest BCUT2D eigenvalue weighted by atomic mass is 10.2. The van der Waals surface area contributed by atoms with Crippen LogP contribution in [0.15, 0.2) is 22.8 Å². The van der Waals surface area contributed by atoms with Crippen molar-refractivity contribution >= 4 is 5.91 Å². The van der Waals surface area contributed by atoms with Gasteiger partial charge in [-0.25, -0.2) is 0 Å². The van der Waals surface area contributed by atoms with E-state index >= 15 is 0 Å². The van der Waals surface area contributed by atoms with E-state index in [1.807, 2.05) is 23.4 Å². The monoisotopic (exact) mass is 287 g/mol. The van der Waals surface area contributed by atoms with Crippen molar-refractivity contribution in [3.8, 4) is 0 Å². The van der Waals surface area contributed by atoms with Crippen LogP contribution in [-0.4, -0.2) is 33.2 Å². The van der Waals surface area contributed by atoms with Gasteiger partial charge < -0.3 is 9.32 Å². The topological polar surface area (TPSA) is 51.3 Å². The summed E-state index contributed by atoms with van der Waals surface area (Å²) in [6.07, 6.45) is 3.66. The molecule has 1 fully saturated rings. The van der Waals surface area contributed by atoms with Crippen LogP contribution in [-0.2, 0) is 6.54 Å². The van der Waals surface area contributed by atoms with Crippen LogP contribution < -0.4 is 0 Å². The SMILES string of the molecule is Cc1cc(C)n(CC2CCCN2C(=O)c2ccoc2C)n1. The van der Waals surface area contributed by atoms with Gasteiger partial charge in [0, 0.05) is 12.2 Å². The fourth-order valence-corrected chi connectivity index (χ4v) is 3.11. The second kappa shape index (κ2) is 5.39. The maximum atomic E-state index is 12.7. The molecule has 0 aliphatic carbocycles. The van der Waals surface area contributed by atoms with E-state index in [9.17, 15) is 4.79 Å². The van der Waals surface area contributed by atoms with Gasteiger partial charge in [0.1, 0.15) is 5.76 Å².